The van der Waals surface area contributed by atoms with Crippen LogP contribution in [0.25, 0.3) is 0 Å². The van der Waals surface area contributed by atoms with E-state index in [1.54, 1.807) is 4.90 Å². The second-order valence-corrected chi connectivity index (χ2v) is 7.72. The number of carbonyl (C=O) groups excluding carboxylic acids is 2. The summed E-state index contributed by atoms with van der Waals surface area (Å²) in [6.07, 6.45) is 5.83. The van der Waals surface area contributed by atoms with Crippen LogP contribution in [0.3, 0.4) is 0 Å². The van der Waals surface area contributed by atoms with E-state index in [0.717, 1.165) is 44.5 Å². The van der Waals surface area contributed by atoms with E-state index in [9.17, 15) is 9.59 Å². The monoisotopic (exact) mass is 373 g/mol. The van der Waals surface area contributed by atoms with E-state index in [4.69, 9.17) is 4.74 Å². The third kappa shape index (κ3) is 5.45. The molecule has 6 heteroatoms. The van der Waals surface area contributed by atoms with Gasteiger partial charge in [-0.1, -0.05) is 19.3 Å². The molecular weight excluding hydrogens is 342 g/mol. The molecule has 148 valence electrons. The van der Waals surface area contributed by atoms with E-state index in [0.29, 0.717) is 18.8 Å². The number of benzene rings is 1. The van der Waals surface area contributed by atoms with Crippen molar-refractivity contribution < 1.29 is 14.3 Å². The van der Waals surface area contributed by atoms with Crippen LogP contribution in [0.1, 0.15) is 46.0 Å². The number of hydrogen-bond donors (Lipinski definition) is 1. The van der Waals surface area contributed by atoms with Gasteiger partial charge in [-0.2, -0.15) is 0 Å². The molecule has 0 saturated carbocycles. The molecule has 0 spiro atoms. The Balaban J connectivity index is 1.57. The smallest absolute Gasteiger partial charge is 0.313 e. The molecular formula is C21H31N3O3. The minimum atomic E-state index is -0.544. The number of likely N-dealkylation sites (tertiary alicyclic amines) is 1. The lowest BCUT2D eigenvalue weighted by atomic mass is 10.1. The zero-order valence-electron chi connectivity index (χ0n) is 16.4. The number of hydrogen-bond acceptors (Lipinski definition) is 4. The van der Waals surface area contributed by atoms with Crippen LogP contribution in [-0.2, 0) is 14.3 Å². The van der Waals surface area contributed by atoms with Crippen LogP contribution in [0.2, 0.25) is 0 Å². The lowest BCUT2D eigenvalue weighted by Gasteiger charge is -2.36. The Morgan fingerprint density at radius 1 is 0.926 bits per heavy atom. The molecule has 2 fully saturated rings. The normalized spacial score (nSPS) is 24.1. The predicted octanol–water partition coefficient (Wildman–Crippen LogP) is 3.03. The van der Waals surface area contributed by atoms with E-state index in [2.05, 4.69) is 24.1 Å². The van der Waals surface area contributed by atoms with E-state index >= 15 is 0 Å². The van der Waals surface area contributed by atoms with E-state index in [-0.39, 0.29) is 12.2 Å². The summed E-state index contributed by atoms with van der Waals surface area (Å²) in [5, 5.41) is 2.75. The third-order valence-corrected chi connectivity index (χ3v) is 5.25. The van der Waals surface area contributed by atoms with Gasteiger partial charge in [0.1, 0.15) is 0 Å². The first-order valence-corrected chi connectivity index (χ1v) is 10.1. The standard InChI is InChI=1S/C21H31N3O3/c1-16-14-24(15-17(2)27-16)19-10-8-18(9-11-19)22-20(25)21(26)23-12-6-4-3-5-7-13-23/h8-11,16-17H,3-7,12-15H2,1-2H3,(H,22,25). The SMILES string of the molecule is CC1CN(c2ccc(NC(=O)C(=O)N3CCCCCCC3)cc2)CC(C)O1. The van der Waals surface area contributed by atoms with Crippen LogP contribution in [0, 0.1) is 0 Å². The molecule has 2 aliphatic heterocycles. The van der Waals surface area contributed by atoms with Crippen LogP contribution < -0.4 is 10.2 Å². The van der Waals surface area contributed by atoms with Crippen molar-refractivity contribution in [2.75, 3.05) is 36.4 Å². The highest BCUT2D eigenvalue weighted by atomic mass is 16.5. The predicted molar refractivity (Wildman–Crippen MR) is 107 cm³/mol. The van der Waals surface area contributed by atoms with Gasteiger partial charge in [0, 0.05) is 37.6 Å². The molecule has 0 bridgehead atoms. The summed E-state index contributed by atoms with van der Waals surface area (Å²) >= 11 is 0. The van der Waals surface area contributed by atoms with Gasteiger partial charge in [0.05, 0.1) is 12.2 Å². The Kier molecular flexibility index (Phi) is 6.72. The van der Waals surface area contributed by atoms with E-state index in [1.165, 1.54) is 6.42 Å². The molecule has 27 heavy (non-hydrogen) atoms. The number of anilines is 2. The van der Waals surface area contributed by atoms with Gasteiger partial charge in [-0.3, -0.25) is 9.59 Å². The molecule has 2 unspecified atom stereocenters. The Morgan fingerprint density at radius 2 is 1.48 bits per heavy atom. The molecule has 2 aliphatic rings. The topological polar surface area (TPSA) is 61.9 Å². The summed E-state index contributed by atoms with van der Waals surface area (Å²) in [5.74, 6) is -0.964. The zero-order chi connectivity index (χ0) is 19.2. The molecule has 1 aromatic rings. The van der Waals surface area contributed by atoms with Crippen molar-refractivity contribution in [2.45, 2.75) is 58.2 Å². The Labute approximate surface area is 161 Å². The first-order chi connectivity index (χ1) is 13.0. The van der Waals surface area contributed by atoms with Gasteiger partial charge in [0.25, 0.3) is 0 Å². The Morgan fingerprint density at radius 3 is 2.07 bits per heavy atom. The molecule has 1 N–H and O–H groups in total. The van der Waals surface area contributed by atoms with Gasteiger partial charge in [0.2, 0.25) is 0 Å². The minimum Gasteiger partial charge on any atom is -0.372 e. The molecule has 6 nitrogen and oxygen atoms in total. The van der Waals surface area contributed by atoms with Crippen molar-refractivity contribution in [3.63, 3.8) is 0 Å². The highest BCUT2D eigenvalue weighted by Crippen LogP contribution is 2.22. The fraction of sp³-hybridized carbons (Fsp3) is 0.619. The van der Waals surface area contributed by atoms with Gasteiger partial charge in [0.15, 0.2) is 0 Å². The highest BCUT2D eigenvalue weighted by molar-refractivity contribution is 6.39. The third-order valence-electron chi connectivity index (χ3n) is 5.25. The van der Waals surface area contributed by atoms with Crippen LogP contribution in [-0.4, -0.2) is 55.1 Å². The first-order valence-electron chi connectivity index (χ1n) is 10.1. The highest BCUT2D eigenvalue weighted by Gasteiger charge is 2.24. The molecule has 2 atom stereocenters. The fourth-order valence-corrected chi connectivity index (χ4v) is 3.92. The maximum absolute atomic E-state index is 12.4. The number of amides is 2. The van der Waals surface area contributed by atoms with Crippen molar-refractivity contribution in [2.24, 2.45) is 0 Å². The molecule has 1 aromatic carbocycles. The second-order valence-electron chi connectivity index (χ2n) is 7.72. The molecule has 2 saturated heterocycles. The molecule has 3 rings (SSSR count). The Hall–Kier alpha value is -2.08. The number of rotatable bonds is 2. The summed E-state index contributed by atoms with van der Waals surface area (Å²) < 4.78 is 5.77. The second kappa shape index (κ2) is 9.22. The molecule has 2 amide bonds. The van der Waals surface area contributed by atoms with Gasteiger partial charge in [-0.05, 0) is 51.0 Å². The van der Waals surface area contributed by atoms with Crippen LogP contribution >= 0.6 is 0 Å². The number of ether oxygens (including phenoxy) is 1. The van der Waals surface area contributed by atoms with E-state index in [1.807, 2.05) is 24.3 Å². The lowest BCUT2D eigenvalue weighted by molar-refractivity contribution is -0.143. The van der Waals surface area contributed by atoms with Gasteiger partial charge >= 0.3 is 11.8 Å². The molecule has 0 radical (unpaired) electrons. The number of nitrogens with zero attached hydrogens (tertiary/aromatic N) is 2. The Bertz CT molecular complexity index is 629. The van der Waals surface area contributed by atoms with Crippen LogP contribution in [0.4, 0.5) is 11.4 Å². The summed E-state index contributed by atoms with van der Waals surface area (Å²) in [6, 6.07) is 7.69. The quantitative estimate of drug-likeness (QED) is 0.810. The maximum atomic E-state index is 12.4. The van der Waals surface area contributed by atoms with Crippen LogP contribution in [0.5, 0.6) is 0 Å². The summed E-state index contributed by atoms with van der Waals surface area (Å²) in [5.41, 5.74) is 1.75. The van der Waals surface area contributed by atoms with Crippen molar-refractivity contribution >= 4 is 23.2 Å². The average molecular weight is 373 g/mol. The van der Waals surface area contributed by atoms with Gasteiger partial charge < -0.3 is 19.9 Å². The number of morpholine rings is 1. The first kappa shape index (κ1) is 19.7. The summed E-state index contributed by atoms with van der Waals surface area (Å²) in [4.78, 5) is 28.8. The van der Waals surface area contributed by atoms with E-state index < -0.39 is 11.8 Å². The van der Waals surface area contributed by atoms with Crippen LogP contribution in [0.15, 0.2) is 24.3 Å². The average Bonchev–Trinajstić information content (AvgIpc) is 2.60. The van der Waals surface area contributed by atoms with Crippen molar-refractivity contribution in [3.8, 4) is 0 Å². The molecule has 2 heterocycles. The number of nitrogens with one attached hydrogen (secondary N) is 1. The van der Waals surface area contributed by atoms with Gasteiger partial charge in [-0.15, -0.1) is 0 Å². The zero-order valence-corrected chi connectivity index (χ0v) is 16.4. The minimum absolute atomic E-state index is 0.198. The van der Waals surface area contributed by atoms with Crippen molar-refractivity contribution in [1.82, 2.24) is 4.90 Å². The van der Waals surface area contributed by atoms with Crippen molar-refractivity contribution in [1.29, 1.82) is 0 Å². The van der Waals surface area contributed by atoms with Crippen molar-refractivity contribution in [3.05, 3.63) is 24.3 Å². The number of carbonyl (C=O) groups is 2. The lowest BCUT2D eigenvalue weighted by Crippen LogP contribution is -2.45. The van der Waals surface area contributed by atoms with Gasteiger partial charge in [-0.25, -0.2) is 0 Å². The molecule has 0 aromatic heterocycles. The fourth-order valence-electron chi connectivity index (χ4n) is 3.92. The summed E-state index contributed by atoms with van der Waals surface area (Å²) in [6.45, 7) is 7.21. The molecule has 0 aliphatic carbocycles. The largest absolute Gasteiger partial charge is 0.372 e. The summed E-state index contributed by atoms with van der Waals surface area (Å²) in [7, 11) is 0. The maximum Gasteiger partial charge on any atom is 0.313 e.